The van der Waals surface area contributed by atoms with Crippen molar-refractivity contribution in [3.8, 4) is 0 Å². The molecule has 0 rings (SSSR count). The third-order valence-corrected chi connectivity index (χ3v) is 1.14. The number of carbonyl (C=O) groups excluding carboxylic acids is 1. The number of ether oxygens (including phenoxy) is 1. The fourth-order valence-electron chi connectivity index (χ4n) is 0.553. The first-order chi connectivity index (χ1) is 5.81. The maximum atomic E-state index is 10.00. The summed E-state index contributed by atoms with van der Waals surface area (Å²) in [6.07, 6.45) is 4.46. The predicted octanol–water partition coefficient (Wildman–Crippen LogP) is 0.135. The van der Waals surface area contributed by atoms with Crippen molar-refractivity contribution in [3.63, 3.8) is 0 Å². The lowest BCUT2D eigenvalue weighted by atomic mass is 10.4. The van der Waals surface area contributed by atoms with Crippen molar-refractivity contribution < 1.29 is 9.53 Å². The van der Waals surface area contributed by atoms with Crippen LogP contribution in [0.5, 0.6) is 0 Å². The molecule has 2 N–H and O–H groups in total. The van der Waals surface area contributed by atoms with Gasteiger partial charge in [-0.05, 0) is 12.5 Å². The Bertz CT molecular complexity index is 176. The van der Waals surface area contributed by atoms with Crippen molar-refractivity contribution in [1.82, 2.24) is 0 Å². The Morgan fingerprint density at radius 2 is 2.42 bits per heavy atom. The van der Waals surface area contributed by atoms with Gasteiger partial charge in [0.1, 0.15) is 0 Å². The zero-order chi connectivity index (χ0) is 9.23. The summed E-state index contributed by atoms with van der Waals surface area (Å²) in [5.41, 5.74) is 5.38. The number of carbonyl (C=O) groups is 1. The Balaban J connectivity index is 3.43. The molecule has 4 nitrogen and oxygen atoms in total. The van der Waals surface area contributed by atoms with Crippen LogP contribution in [0.3, 0.4) is 0 Å². The highest BCUT2D eigenvalue weighted by molar-refractivity contribution is 5.82. The molecule has 68 valence electrons. The quantitative estimate of drug-likeness (QED) is 0.267. The monoisotopic (exact) mass is 170 g/mol. The van der Waals surface area contributed by atoms with E-state index in [2.05, 4.69) is 4.99 Å². The van der Waals surface area contributed by atoms with Crippen molar-refractivity contribution in [1.29, 1.82) is 0 Å². The van der Waals surface area contributed by atoms with E-state index in [1.54, 1.807) is 7.11 Å². The summed E-state index contributed by atoms with van der Waals surface area (Å²) in [4.78, 5) is 14.0. The van der Waals surface area contributed by atoms with E-state index in [1.807, 2.05) is 0 Å². The molecule has 0 heterocycles. The molecule has 4 heteroatoms. The van der Waals surface area contributed by atoms with Gasteiger partial charge in [0.2, 0.25) is 0 Å². The van der Waals surface area contributed by atoms with Crippen molar-refractivity contribution in [2.24, 2.45) is 10.7 Å². The molecule has 0 aromatic carbocycles. The van der Waals surface area contributed by atoms with Gasteiger partial charge in [-0.3, -0.25) is 9.79 Å². The third kappa shape index (κ3) is 6.95. The minimum absolute atomic E-state index is 0.186. The maximum absolute atomic E-state index is 10.00. The van der Waals surface area contributed by atoms with Crippen LogP contribution in [0.25, 0.3) is 0 Å². The number of nitrogens with zero attached hydrogens (tertiary/aromatic N) is 1. The number of aliphatic imine (C=N–C) groups is 1. The van der Waals surface area contributed by atoms with Gasteiger partial charge in [-0.2, -0.15) is 0 Å². The molecule has 0 fully saturated rings. The highest BCUT2D eigenvalue weighted by atomic mass is 16.5. The van der Waals surface area contributed by atoms with Crippen molar-refractivity contribution in [3.05, 3.63) is 11.8 Å². The first kappa shape index (κ1) is 10.8. The van der Waals surface area contributed by atoms with Gasteiger partial charge in [0.25, 0.3) is 0 Å². The molecule has 0 amide bonds. The molecule has 0 aliphatic rings. The van der Waals surface area contributed by atoms with Gasteiger partial charge in [-0.25, -0.2) is 0 Å². The summed E-state index contributed by atoms with van der Waals surface area (Å²) < 4.78 is 4.82. The first-order valence-corrected chi connectivity index (χ1v) is 3.71. The molecule has 0 spiro atoms. The van der Waals surface area contributed by atoms with Crippen molar-refractivity contribution in [2.75, 3.05) is 20.3 Å². The molecule has 0 saturated carbocycles. The smallest absolute Gasteiger partial charge is 0.165 e. The number of aldehydes is 1. The van der Waals surface area contributed by atoms with E-state index >= 15 is 0 Å². The third-order valence-electron chi connectivity index (χ3n) is 1.14. The van der Waals surface area contributed by atoms with Crippen LogP contribution < -0.4 is 5.73 Å². The molecule has 12 heavy (non-hydrogen) atoms. The van der Waals surface area contributed by atoms with E-state index < -0.39 is 0 Å². The molecular weight excluding hydrogens is 156 g/mol. The molecule has 0 aromatic heterocycles. The fourth-order valence-corrected chi connectivity index (χ4v) is 0.553. The van der Waals surface area contributed by atoms with E-state index in [1.165, 1.54) is 12.3 Å². The summed E-state index contributed by atoms with van der Waals surface area (Å²) in [6, 6.07) is 0. The molecule has 0 aromatic rings. The zero-order valence-electron chi connectivity index (χ0n) is 7.19. The number of rotatable bonds is 6. The number of methoxy groups -OCH3 is 1. The van der Waals surface area contributed by atoms with E-state index in [-0.39, 0.29) is 5.70 Å². The number of allylic oxidation sites excluding steroid dienone is 2. The van der Waals surface area contributed by atoms with Crippen LogP contribution in [0.1, 0.15) is 6.42 Å². The largest absolute Gasteiger partial charge is 0.396 e. The SMILES string of the molecule is COCCCN=C/C=C(\N)C=O. The van der Waals surface area contributed by atoms with Crippen LogP contribution in [0, 0.1) is 0 Å². The molecule has 0 aliphatic carbocycles. The van der Waals surface area contributed by atoms with Gasteiger partial charge in [0, 0.05) is 26.5 Å². The Labute approximate surface area is 72.1 Å². The van der Waals surface area contributed by atoms with Gasteiger partial charge in [0.15, 0.2) is 6.29 Å². The van der Waals surface area contributed by atoms with E-state index in [0.717, 1.165) is 6.42 Å². The molecule has 0 bridgehead atoms. The zero-order valence-corrected chi connectivity index (χ0v) is 7.19. The molecule has 0 unspecified atom stereocenters. The Kier molecular flexibility index (Phi) is 7.17. The predicted molar refractivity (Wildman–Crippen MR) is 48.2 cm³/mol. The summed E-state index contributed by atoms with van der Waals surface area (Å²) in [6.45, 7) is 1.39. The molecular formula is C8H14N2O2. The number of hydrogen-bond donors (Lipinski definition) is 1. The van der Waals surface area contributed by atoms with E-state index in [0.29, 0.717) is 19.4 Å². The van der Waals surface area contributed by atoms with Crippen LogP contribution in [-0.4, -0.2) is 32.8 Å². The second-order valence-electron chi connectivity index (χ2n) is 2.19. The van der Waals surface area contributed by atoms with E-state index in [4.69, 9.17) is 10.5 Å². The van der Waals surface area contributed by atoms with Gasteiger partial charge in [-0.15, -0.1) is 0 Å². The topological polar surface area (TPSA) is 64.7 Å². The highest BCUT2D eigenvalue weighted by Crippen LogP contribution is 1.81. The first-order valence-electron chi connectivity index (χ1n) is 3.71. The maximum Gasteiger partial charge on any atom is 0.165 e. The average Bonchev–Trinajstić information content (AvgIpc) is 2.10. The van der Waals surface area contributed by atoms with Crippen LogP contribution in [0.4, 0.5) is 0 Å². The Hall–Kier alpha value is -1.16. The average molecular weight is 170 g/mol. The Morgan fingerprint density at radius 1 is 1.67 bits per heavy atom. The van der Waals surface area contributed by atoms with Crippen molar-refractivity contribution >= 4 is 12.5 Å². The normalized spacial score (nSPS) is 12.2. The second-order valence-corrected chi connectivity index (χ2v) is 2.19. The highest BCUT2D eigenvalue weighted by Gasteiger charge is 1.82. The van der Waals surface area contributed by atoms with Crippen LogP contribution >= 0.6 is 0 Å². The lowest BCUT2D eigenvalue weighted by molar-refractivity contribution is -0.104. The van der Waals surface area contributed by atoms with Crippen LogP contribution in [0.15, 0.2) is 16.8 Å². The standard InChI is InChI=1S/C8H14N2O2/c1-12-6-2-4-10-5-3-8(9)7-11/h3,5,7H,2,4,6,9H2,1H3/b8-3-,10-5?. The van der Waals surface area contributed by atoms with E-state index in [9.17, 15) is 4.79 Å². The Morgan fingerprint density at radius 3 is 3.00 bits per heavy atom. The summed E-state index contributed by atoms with van der Waals surface area (Å²) >= 11 is 0. The molecule has 0 atom stereocenters. The summed E-state index contributed by atoms with van der Waals surface area (Å²) in [5, 5.41) is 0. The number of nitrogens with two attached hydrogens (primary N) is 1. The minimum atomic E-state index is 0.186. The van der Waals surface area contributed by atoms with Crippen LogP contribution in [0.2, 0.25) is 0 Å². The minimum Gasteiger partial charge on any atom is -0.396 e. The second kappa shape index (κ2) is 7.94. The summed E-state index contributed by atoms with van der Waals surface area (Å²) in [5.74, 6) is 0. The van der Waals surface area contributed by atoms with Crippen LogP contribution in [-0.2, 0) is 9.53 Å². The number of hydrogen-bond acceptors (Lipinski definition) is 4. The lowest BCUT2D eigenvalue weighted by Gasteiger charge is -1.92. The van der Waals surface area contributed by atoms with Crippen molar-refractivity contribution in [2.45, 2.75) is 6.42 Å². The molecule has 0 radical (unpaired) electrons. The van der Waals surface area contributed by atoms with Gasteiger partial charge >= 0.3 is 0 Å². The van der Waals surface area contributed by atoms with Gasteiger partial charge in [-0.1, -0.05) is 0 Å². The van der Waals surface area contributed by atoms with Gasteiger partial charge in [0.05, 0.1) is 5.70 Å². The van der Waals surface area contributed by atoms with Gasteiger partial charge < -0.3 is 10.5 Å². The summed E-state index contributed by atoms with van der Waals surface area (Å²) in [7, 11) is 1.65. The lowest BCUT2D eigenvalue weighted by Crippen LogP contribution is -1.97. The molecule has 0 aliphatic heterocycles. The fraction of sp³-hybridized carbons (Fsp3) is 0.500. The molecule has 0 saturated heterocycles.